The van der Waals surface area contributed by atoms with Gasteiger partial charge in [-0.1, -0.05) is 56.5 Å². The number of hydrogen-bond acceptors (Lipinski definition) is 3. The zero-order valence-corrected chi connectivity index (χ0v) is 16.4. The molecule has 3 rings (SSSR count). The minimum absolute atomic E-state index is 0.722. The van der Waals surface area contributed by atoms with E-state index in [1.54, 1.807) is 0 Å². The van der Waals surface area contributed by atoms with Crippen molar-refractivity contribution in [3.8, 4) is 11.5 Å². The molecule has 0 radical (unpaired) electrons. The zero-order valence-electron chi connectivity index (χ0n) is 16.4. The highest BCUT2D eigenvalue weighted by molar-refractivity contribution is 5.71. The quantitative estimate of drug-likeness (QED) is 0.459. The van der Waals surface area contributed by atoms with Crippen LogP contribution in [0.2, 0.25) is 0 Å². The van der Waals surface area contributed by atoms with E-state index in [4.69, 9.17) is 9.47 Å². The number of para-hydroxylation sites is 1. The van der Waals surface area contributed by atoms with Crippen molar-refractivity contribution in [3.05, 3.63) is 60.2 Å². The molecular weight excluding hydrogens is 334 g/mol. The molecule has 3 nitrogen and oxygen atoms in total. The lowest BCUT2D eigenvalue weighted by atomic mass is 10.1. The Hall–Kier alpha value is -2.42. The van der Waals surface area contributed by atoms with Gasteiger partial charge < -0.3 is 14.4 Å². The molecule has 0 N–H and O–H groups in total. The van der Waals surface area contributed by atoms with Gasteiger partial charge in [-0.3, -0.25) is 0 Å². The van der Waals surface area contributed by atoms with E-state index in [9.17, 15) is 0 Å². The van der Waals surface area contributed by atoms with Gasteiger partial charge in [0.15, 0.2) is 0 Å². The summed E-state index contributed by atoms with van der Waals surface area (Å²) in [7, 11) is 0. The Labute approximate surface area is 163 Å². The summed E-state index contributed by atoms with van der Waals surface area (Å²) in [6.45, 7) is 5.72. The highest BCUT2D eigenvalue weighted by Crippen LogP contribution is 2.25. The van der Waals surface area contributed by atoms with Gasteiger partial charge in [-0.2, -0.15) is 0 Å². The van der Waals surface area contributed by atoms with E-state index in [1.807, 2.05) is 24.3 Å². The van der Waals surface area contributed by atoms with E-state index >= 15 is 0 Å². The molecule has 2 aromatic carbocycles. The van der Waals surface area contributed by atoms with Crippen molar-refractivity contribution in [3.63, 3.8) is 0 Å². The third-order valence-corrected chi connectivity index (χ3v) is 4.83. The number of rotatable bonds is 11. The van der Waals surface area contributed by atoms with E-state index < -0.39 is 0 Å². The van der Waals surface area contributed by atoms with Crippen LogP contribution < -0.4 is 14.4 Å². The minimum Gasteiger partial charge on any atom is -0.494 e. The molecule has 1 heterocycles. The van der Waals surface area contributed by atoms with Gasteiger partial charge in [0.05, 0.1) is 13.2 Å². The molecule has 0 bridgehead atoms. The monoisotopic (exact) mass is 365 g/mol. The van der Waals surface area contributed by atoms with E-state index in [2.05, 4.69) is 48.2 Å². The predicted octanol–water partition coefficient (Wildman–Crippen LogP) is 5.95. The van der Waals surface area contributed by atoms with Crippen LogP contribution in [-0.2, 0) is 0 Å². The molecule has 0 saturated heterocycles. The molecule has 0 atom stereocenters. The maximum absolute atomic E-state index is 5.90. The third-order valence-electron chi connectivity index (χ3n) is 4.83. The van der Waals surface area contributed by atoms with Crippen molar-refractivity contribution in [2.75, 3.05) is 31.2 Å². The maximum Gasteiger partial charge on any atom is 0.119 e. The standard InChI is InChI=1S/C24H31NO2/c1-2-3-4-7-19-26-22-13-15-23(16-14-22)27-20-9-18-25-17-8-11-21-10-5-6-12-24(21)25/h5-6,8,10-16H,2-4,7,9,17-20H2,1H3. The van der Waals surface area contributed by atoms with Crippen LogP contribution in [0.1, 0.15) is 44.6 Å². The molecule has 27 heavy (non-hydrogen) atoms. The first kappa shape index (κ1) is 19.3. The van der Waals surface area contributed by atoms with Crippen molar-refractivity contribution in [2.24, 2.45) is 0 Å². The number of ether oxygens (including phenoxy) is 2. The van der Waals surface area contributed by atoms with Gasteiger partial charge in [-0.05, 0) is 48.7 Å². The first-order valence-corrected chi connectivity index (χ1v) is 10.2. The molecule has 144 valence electrons. The van der Waals surface area contributed by atoms with Gasteiger partial charge in [0.25, 0.3) is 0 Å². The molecule has 1 aliphatic heterocycles. The second-order valence-electron chi connectivity index (χ2n) is 6.99. The Morgan fingerprint density at radius 2 is 1.52 bits per heavy atom. The first-order valence-electron chi connectivity index (χ1n) is 10.2. The molecule has 0 spiro atoms. The first-order chi connectivity index (χ1) is 13.4. The number of fused-ring (bicyclic) bond motifs is 1. The molecular formula is C24H31NO2. The number of hydrogen-bond donors (Lipinski definition) is 0. The summed E-state index contributed by atoms with van der Waals surface area (Å²) in [4.78, 5) is 2.41. The Bertz CT molecular complexity index is 709. The lowest BCUT2D eigenvalue weighted by Crippen LogP contribution is -2.28. The largest absolute Gasteiger partial charge is 0.494 e. The Kier molecular flexibility index (Phi) is 7.64. The van der Waals surface area contributed by atoms with Gasteiger partial charge in [-0.25, -0.2) is 0 Å². The molecule has 0 saturated carbocycles. The molecule has 0 aliphatic carbocycles. The highest BCUT2D eigenvalue weighted by Gasteiger charge is 2.11. The van der Waals surface area contributed by atoms with Crippen molar-refractivity contribution in [1.29, 1.82) is 0 Å². The molecule has 3 heteroatoms. The smallest absolute Gasteiger partial charge is 0.119 e. The second kappa shape index (κ2) is 10.7. The van der Waals surface area contributed by atoms with Gasteiger partial charge in [0.1, 0.15) is 11.5 Å². The summed E-state index contributed by atoms with van der Waals surface area (Å²) in [5, 5.41) is 0. The molecule has 0 amide bonds. The van der Waals surface area contributed by atoms with Gasteiger partial charge in [0.2, 0.25) is 0 Å². The van der Waals surface area contributed by atoms with Gasteiger partial charge in [-0.15, -0.1) is 0 Å². The van der Waals surface area contributed by atoms with Crippen LogP contribution in [0.4, 0.5) is 5.69 Å². The summed E-state index contributed by atoms with van der Waals surface area (Å²) in [5.74, 6) is 1.84. The normalized spacial score (nSPS) is 12.7. The number of nitrogens with zero attached hydrogens (tertiary/aromatic N) is 1. The van der Waals surface area contributed by atoms with E-state index in [1.165, 1.54) is 30.5 Å². The summed E-state index contributed by atoms with van der Waals surface area (Å²) in [6, 6.07) is 16.6. The Morgan fingerprint density at radius 3 is 2.26 bits per heavy atom. The minimum atomic E-state index is 0.722. The molecule has 0 fully saturated rings. The van der Waals surface area contributed by atoms with Crippen LogP contribution in [0.25, 0.3) is 6.08 Å². The summed E-state index contributed by atoms with van der Waals surface area (Å²) < 4.78 is 11.7. The lowest BCUT2D eigenvalue weighted by molar-refractivity contribution is 0.299. The lowest BCUT2D eigenvalue weighted by Gasteiger charge is -2.28. The fraction of sp³-hybridized carbons (Fsp3) is 0.417. The predicted molar refractivity (Wildman–Crippen MR) is 114 cm³/mol. The maximum atomic E-state index is 5.90. The van der Waals surface area contributed by atoms with Gasteiger partial charge >= 0.3 is 0 Å². The Morgan fingerprint density at radius 1 is 0.815 bits per heavy atom. The van der Waals surface area contributed by atoms with Crippen LogP contribution in [0, 0.1) is 0 Å². The molecule has 0 aromatic heterocycles. The van der Waals surface area contributed by atoms with Crippen LogP contribution in [0.3, 0.4) is 0 Å². The van der Waals surface area contributed by atoms with E-state index in [0.29, 0.717) is 0 Å². The van der Waals surface area contributed by atoms with Crippen molar-refractivity contribution >= 4 is 11.8 Å². The summed E-state index contributed by atoms with van der Waals surface area (Å²) in [6.07, 6.45) is 10.3. The van der Waals surface area contributed by atoms with E-state index in [-0.39, 0.29) is 0 Å². The molecule has 0 unspecified atom stereocenters. The average molecular weight is 366 g/mol. The topological polar surface area (TPSA) is 21.7 Å². The van der Waals surface area contributed by atoms with Crippen LogP contribution in [-0.4, -0.2) is 26.3 Å². The SMILES string of the molecule is CCCCCCOc1ccc(OCCCN2CC=Cc3ccccc32)cc1. The van der Waals surface area contributed by atoms with Crippen LogP contribution in [0.15, 0.2) is 54.6 Å². The van der Waals surface area contributed by atoms with Crippen LogP contribution >= 0.6 is 0 Å². The third kappa shape index (κ3) is 6.06. The van der Waals surface area contributed by atoms with Gasteiger partial charge in [0, 0.05) is 18.8 Å². The summed E-state index contributed by atoms with van der Waals surface area (Å²) >= 11 is 0. The van der Waals surface area contributed by atoms with E-state index in [0.717, 1.165) is 50.6 Å². The van der Waals surface area contributed by atoms with Crippen molar-refractivity contribution < 1.29 is 9.47 Å². The fourth-order valence-corrected chi connectivity index (χ4v) is 3.33. The molecule has 1 aliphatic rings. The summed E-state index contributed by atoms with van der Waals surface area (Å²) in [5.41, 5.74) is 2.62. The van der Waals surface area contributed by atoms with Crippen molar-refractivity contribution in [2.45, 2.75) is 39.0 Å². The number of anilines is 1. The molecule has 2 aromatic rings. The number of benzene rings is 2. The second-order valence-corrected chi connectivity index (χ2v) is 6.99. The zero-order chi connectivity index (χ0) is 18.7. The number of unbranched alkanes of at least 4 members (excludes halogenated alkanes) is 3. The van der Waals surface area contributed by atoms with Crippen molar-refractivity contribution in [1.82, 2.24) is 0 Å². The Balaban J connectivity index is 1.35. The fourth-order valence-electron chi connectivity index (χ4n) is 3.33. The van der Waals surface area contributed by atoms with Crippen LogP contribution in [0.5, 0.6) is 11.5 Å². The highest BCUT2D eigenvalue weighted by atomic mass is 16.5. The average Bonchev–Trinajstić information content (AvgIpc) is 2.72.